The van der Waals surface area contributed by atoms with Gasteiger partial charge in [0, 0.05) is 25.7 Å². The third-order valence-corrected chi connectivity index (χ3v) is 4.64. The van der Waals surface area contributed by atoms with Crippen LogP contribution in [-0.2, 0) is 4.74 Å². The van der Waals surface area contributed by atoms with E-state index < -0.39 is 5.60 Å². The van der Waals surface area contributed by atoms with Crippen molar-refractivity contribution in [2.24, 2.45) is 0 Å². The second-order valence-electron chi connectivity index (χ2n) is 7.94. The van der Waals surface area contributed by atoms with Crippen LogP contribution in [0.4, 0.5) is 4.79 Å². The van der Waals surface area contributed by atoms with E-state index in [1.54, 1.807) is 23.4 Å². The number of benzene rings is 1. The monoisotopic (exact) mass is 385 g/mol. The molecule has 28 heavy (non-hydrogen) atoms. The molecular formula is C20H27N5O3. The van der Waals surface area contributed by atoms with Gasteiger partial charge in [-0.3, -0.25) is 4.79 Å². The van der Waals surface area contributed by atoms with E-state index in [2.05, 4.69) is 10.2 Å². The molecule has 1 atom stereocenters. The summed E-state index contributed by atoms with van der Waals surface area (Å²) in [7, 11) is 0. The van der Waals surface area contributed by atoms with E-state index >= 15 is 0 Å². The van der Waals surface area contributed by atoms with Gasteiger partial charge in [-0.25, -0.2) is 4.79 Å². The highest BCUT2D eigenvalue weighted by atomic mass is 16.6. The highest BCUT2D eigenvalue weighted by Crippen LogP contribution is 2.20. The summed E-state index contributed by atoms with van der Waals surface area (Å²) in [6.45, 7) is 8.99. The van der Waals surface area contributed by atoms with Crippen molar-refractivity contribution in [3.05, 3.63) is 42.2 Å². The second-order valence-corrected chi connectivity index (χ2v) is 7.94. The van der Waals surface area contributed by atoms with Crippen molar-refractivity contribution >= 4 is 12.0 Å². The molecule has 1 aliphatic rings. The number of carbonyl (C=O) groups excluding carboxylic acids is 2. The maximum absolute atomic E-state index is 13.3. The normalized spacial score (nSPS) is 17.9. The Morgan fingerprint density at radius 3 is 2.43 bits per heavy atom. The van der Waals surface area contributed by atoms with Crippen molar-refractivity contribution in [2.45, 2.75) is 45.8 Å². The summed E-state index contributed by atoms with van der Waals surface area (Å²) < 4.78 is 5.48. The zero-order valence-corrected chi connectivity index (χ0v) is 16.8. The highest BCUT2D eigenvalue weighted by Gasteiger charge is 2.30. The van der Waals surface area contributed by atoms with Crippen LogP contribution in [0.5, 0.6) is 0 Å². The molecule has 1 aromatic heterocycles. The number of carbonyl (C=O) groups is 2. The van der Waals surface area contributed by atoms with Gasteiger partial charge in [0.05, 0.1) is 23.6 Å². The Hall–Kier alpha value is -2.90. The SMILES string of the molecule is C[C@@H]1CCN(C(=O)OC(C)(C)C)CCN1C(=O)c1ccccc1-n1nccn1. The Bertz CT molecular complexity index is 829. The first-order chi connectivity index (χ1) is 13.3. The van der Waals surface area contributed by atoms with Crippen LogP contribution >= 0.6 is 0 Å². The van der Waals surface area contributed by atoms with Crippen LogP contribution < -0.4 is 0 Å². The number of hydrogen-bond donors (Lipinski definition) is 0. The van der Waals surface area contributed by atoms with Crippen molar-refractivity contribution < 1.29 is 14.3 Å². The van der Waals surface area contributed by atoms with Gasteiger partial charge >= 0.3 is 6.09 Å². The minimum atomic E-state index is -0.541. The molecule has 0 spiro atoms. The quantitative estimate of drug-likeness (QED) is 0.794. The Balaban J connectivity index is 1.77. The van der Waals surface area contributed by atoms with E-state index in [1.165, 1.54) is 4.80 Å². The van der Waals surface area contributed by atoms with Gasteiger partial charge in [0.2, 0.25) is 0 Å². The number of amides is 2. The van der Waals surface area contributed by atoms with E-state index in [9.17, 15) is 9.59 Å². The van der Waals surface area contributed by atoms with Gasteiger partial charge in [-0.15, -0.1) is 0 Å². The van der Waals surface area contributed by atoms with Gasteiger partial charge in [-0.05, 0) is 46.2 Å². The van der Waals surface area contributed by atoms with E-state index in [1.807, 2.05) is 50.8 Å². The van der Waals surface area contributed by atoms with E-state index in [4.69, 9.17) is 4.74 Å². The largest absolute Gasteiger partial charge is 0.444 e. The van der Waals surface area contributed by atoms with Crippen LogP contribution in [0, 0.1) is 0 Å². The predicted molar refractivity (Wildman–Crippen MR) is 104 cm³/mol. The number of aromatic nitrogens is 3. The molecular weight excluding hydrogens is 358 g/mol. The minimum absolute atomic E-state index is 0.00132. The Morgan fingerprint density at radius 2 is 1.75 bits per heavy atom. The molecule has 0 radical (unpaired) electrons. The lowest BCUT2D eigenvalue weighted by atomic mass is 10.1. The van der Waals surface area contributed by atoms with Crippen LogP contribution in [0.25, 0.3) is 5.69 Å². The molecule has 0 N–H and O–H groups in total. The van der Waals surface area contributed by atoms with Gasteiger partial charge < -0.3 is 14.5 Å². The summed E-state index contributed by atoms with van der Waals surface area (Å²) in [5.41, 5.74) is 0.634. The van der Waals surface area contributed by atoms with Crippen LogP contribution in [0.1, 0.15) is 44.5 Å². The van der Waals surface area contributed by atoms with Crippen LogP contribution in [0.15, 0.2) is 36.7 Å². The molecule has 0 unspecified atom stereocenters. The van der Waals surface area contributed by atoms with Gasteiger partial charge in [-0.2, -0.15) is 15.0 Å². The zero-order valence-electron chi connectivity index (χ0n) is 16.8. The lowest BCUT2D eigenvalue weighted by molar-refractivity contribution is 0.0255. The molecule has 2 heterocycles. The molecule has 0 saturated carbocycles. The molecule has 0 aliphatic carbocycles. The summed E-state index contributed by atoms with van der Waals surface area (Å²) in [5.74, 6) is -0.0913. The van der Waals surface area contributed by atoms with E-state index in [0.29, 0.717) is 37.3 Å². The van der Waals surface area contributed by atoms with Gasteiger partial charge in [0.1, 0.15) is 5.60 Å². The third-order valence-electron chi connectivity index (χ3n) is 4.64. The second kappa shape index (κ2) is 8.00. The van der Waals surface area contributed by atoms with Crippen molar-refractivity contribution in [3.8, 4) is 5.69 Å². The Labute approximate surface area is 165 Å². The summed E-state index contributed by atoms with van der Waals surface area (Å²) in [5, 5.41) is 8.29. The van der Waals surface area contributed by atoms with Crippen LogP contribution in [-0.4, -0.2) is 68.1 Å². The molecule has 8 nitrogen and oxygen atoms in total. The highest BCUT2D eigenvalue weighted by molar-refractivity contribution is 5.98. The molecule has 3 rings (SSSR count). The summed E-state index contributed by atoms with van der Waals surface area (Å²) in [6, 6.07) is 7.28. The minimum Gasteiger partial charge on any atom is -0.444 e. The Kier molecular flexibility index (Phi) is 5.67. The fraction of sp³-hybridized carbons (Fsp3) is 0.500. The maximum Gasteiger partial charge on any atom is 0.410 e. The number of hydrogen-bond acceptors (Lipinski definition) is 5. The number of ether oxygens (including phenoxy) is 1. The first-order valence-electron chi connectivity index (χ1n) is 9.51. The molecule has 1 fully saturated rings. The van der Waals surface area contributed by atoms with Crippen molar-refractivity contribution in [1.82, 2.24) is 24.8 Å². The average molecular weight is 385 g/mol. The summed E-state index contributed by atoms with van der Waals surface area (Å²) >= 11 is 0. The zero-order chi connectivity index (χ0) is 20.3. The third kappa shape index (κ3) is 4.49. The number of rotatable bonds is 2. The lowest BCUT2D eigenvalue weighted by Crippen LogP contribution is -2.41. The molecule has 1 aromatic carbocycles. The first-order valence-corrected chi connectivity index (χ1v) is 9.51. The van der Waals surface area contributed by atoms with E-state index in [-0.39, 0.29) is 18.0 Å². The fourth-order valence-electron chi connectivity index (χ4n) is 3.19. The molecule has 0 bridgehead atoms. The number of para-hydroxylation sites is 1. The summed E-state index contributed by atoms with van der Waals surface area (Å²) in [6.07, 6.45) is 3.51. The average Bonchev–Trinajstić information content (AvgIpc) is 3.09. The van der Waals surface area contributed by atoms with Crippen molar-refractivity contribution in [3.63, 3.8) is 0 Å². The molecule has 1 saturated heterocycles. The van der Waals surface area contributed by atoms with Gasteiger partial charge in [0.25, 0.3) is 5.91 Å². The topological polar surface area (TPSA) is 80.6 Å². The molecule has 2 amide bonds. The fourth-order valence-corrected chi connectivity index (χ4v) is 3.19. The summed E-state index contributed by atoms with van der Waals surface area (Å²) in [4.78, 5) is 30.7. The standard InChI is InChI=1S/C20H27N5O3/c1-15-9-12-23(19(27)28-20(2,3)4)13-14-24(15)18(26)16-7-5-6-8-17(16)25-21-10-11-22-25/h5-8,10-11,15H,9,12-14H2,1-4H3/t15-/m1/s1. The molecule has 2 aromatic rings. The van der Waals surface area contributed by atoms with Gasteiger partial charge in [-0.1, -0.05) is 12.1 Å². The number of nitrogens with zero attached hydrogens (tertiary/aromatic N) is 5. The molecule has 1 aliphatic heterocycles. The predicted octanol–water partition coefficient (Wildman–Crippen LogP) is 2.74. The van der Waals surface area contributed by atoms with E-state index in [0.717, 1.165) is 0 Å². The Morgan fingerprint density at radius 1 is 1.07 bits per heavy atom. The molecule has 8 heteroatoms. The van der Waals surface area contributed by atoms with Crippen molar-refractivity contribution in [1.29, 1.82) is 0 Å². The lowest BCUT2D eigenvalue weighted by Gasteiger charge is -2.28. The van der Waals surface area contributed by atoms with Gasteiger partial charge in [0.15, 0.2) is 0 Å². The smallest absolute Gasteiger partial charge is 0.410 e. The molecule has 150 valence electrons. The van der Waals surface area contributed by atoms with Crippen LogP contribution in [0.3, 0.4) is 0 Å². The van der Waals surface area contributed by atoms with Crippen LogP contribution in [0.2, 0.25) is 0 Å². The first kappa shape index (κ1) is 19.9. The van der Waals surface area contributed by atoms with Crippen molar-refractivity contribution in [2.75, 3.05) is 19.6 Å². The maximum atomic E-state index is 13.3.